The van der Waals surface area contributed by atoms with Gasteiger partial charge in [-0.15, -0.1) is 0 Å². The molecule has 0 aromatic carbocycles. The van der Waals surface area contributed by atoms with Crippen molar-refractivity contribution < 1.29 is 9.53 Å². The third kappa shape index (κ3) is 1.29. The first-order chi connectivity index (χ1) is 5.57. The van der Waals surface area contributed by atoms with Gasteiger partial charge in [0.25, 0.3) is 0 Å². The van der Waals surface area contributed by atoms with E-state index in [0.717, 1.165) is 0 Å². The standard InChI is InChI=1S/C6H8BrN3O2/c1-3-9-5(7)4(10(3)8)6(11)12-2/h8H2,1-2H3. The minimum absolute atomic E-state index is 0.218. The van der Waals surface area contributed by atoms with Crippen LogP contribution in [0.3, 0.4) is 0 Å². The summed E-state index contributed by atoms with van der Waals surface area (Å²) in [5, 5.41) is 0. The van der Waals surface area contributed by atoms with Gasteiger partial charge in [0.15, 0.2) is 5.69 Å². The van der Waals surface area contributed by atoms with Gasteiger partial charge >= 0.3 is 5.97 Å². The maximum absolute atomic E-state index is 11.1. The van der Waals surface area contributed by atoms with Crippen LogP contribution in [0.5, 0.6) is 0 Å². The van der Waals surface area contributed by atoms with Crippen molar-refractivity contribution in [3.8, 4) is 0 Å². The maximum Gasteiger partial charge on any atom is 0.359 e. The van der Waals surface area contributed by atoms with Crippen molar-refractivity contribution in [3.63, 3.8) is 0 Å². The van der Waals surface area contributed by atoms with E-state index in [4.69, 9.17) is 5.84 Å². The van der Waals surface area contributed by atoms with Gasteiger partial charge in [-0.05, 0) is 22.9 Å². The Bertz CT molecular complexity index is 321. The van der Waals surface area contributed by atoms with Crippen molar-refractivity contribution in [2.45, 2.75) is 6.92 Å². The Morgan fingerprint density at radius 3 is 2.67 bits per heavy atom. The average molecular weight is 234 g/mol. The molecule has 1 rings (SSSR count). The summed E-state index contributed by atoms with van der Waals surface area (Å²) in [6.45, 7) is 1.69. The molecule has 0 bridgehead atoms. The lowest BCUT2D eigenvalue weighted by atomic mass is 10.5. The summed E-state index contributed by atoms with van der Waals surface area (Å²) in [7, 11) is 1.29. The lowest BCUT2D eigenvalue weighted by Gasteiger charge is -2.00. The molecule has 0 saturated carbocycles. The minimum atomic E-state index is -0.509. The normalized spacial score (nSPS) is 9.92. The van der Waals surface area contributed by atoms with Crippen LogP contribution in [-0.2, 0) is 4.74 Å². The van der Waals surface area contributed by atoms with E-state index in [-0.39, 0.29) is 5.69 Å². The van der Waals surface area contributed by atoms with Gasteiger partial charge in [-0.3, -0.25) is 0 Å². The van der Waals surface area contributed by atoms with E-state index in [1.165, 1.54) is 11.8 Å². The third-order valence-corrected chi connectivity index (χ3v) is 1.98. The Morgan fingerprint density at radius 1 is 1.75 bits per heavy atom. The first-order valence-electron chi connectivity index (χ1n) is 3.16. The van der Waals surface area contributed by atoms with E-state index >= 15 is 0 Å². The summed E-state index contributed by atoms with van der Waals surface area (Å²) in [6, 6.07) is 0. The predicted molar refractivity (Wildman–Crippen MR) is 46.2 cm³/mol. The summed E-state index contributed by atoms with van der Waals surface area (Å²) in [4.78, 5) is 15.0. The Balaban J connectivity index is 3.22. The number of hydrogen-bond acceptors (Lipinski definition) is 4. The average Bonchev–Trinajstić information content (AvgIpc) is 2.26. The van der Waals surface area contributed by atoms with Crippen LogP contribution in [-0.4, -0.2) is 22.7 Å². The predicted octanol–water partition coefficient (Wildman–Crippen LogP) is 0.454. The van der Waals surface area contributed by atoms with Gasteiger partial charge in [0.05, 0.1) is 7.11 Å². The topological polar surface area (TPSA) is 70.1 Å². The molecule has 2 N–H and O–H groups in total. The van der Waals surface area contributed by atoms with E-state index in [1.54, 1.807) is 6.92 Å². The van der Waals surface area contributed by atoms with Crippen molar-refractivity contribution in [2.75, 3.05) is 13.0 Å². The number of nitrogens with two attached hydrogens (primary N) is 1. The molecule has 0 saturated heterocycles. The number of carbonyl (C=O) groups is 1. The second-order valence-corrected chi connectivity index (χ2v) is 2.91. The number of imidazole rings is 1. The minimum Gasteiger partial charge on any atom is -0.464 e. The molecule has 12 heavy (non-hydrogen) atoms. The van der Waals surface area contributed by atoms with Gasteiger partial charge in [0.2, 0.25) is 0 Å². The van der Waals surface area contributed by atoms with Crippen LogP contribution in [0.2, 0.25) is 0 Å². The van der Waals surface area contributed by atoms with Crippen LogP contribution in [0.25, 0.3) is 0 Å². The molecule has 0 atom stereocenters. The summed E-state index contributed by atoms with van der Waals surface area (Å²) >= 11 is 3.10. The fourth-order valence-electron chi connectivity index (χ4n) is 0.789. The van der Waals surface area contributed by atoms with Gasteiger partial charge in [-0.2, -0.15) is 0 Å². The largest absolute Gasteiger partial charge is 0.464 e. The number of aromatic nitrogens is 2. The Labute approximate surface area is 77.6 Å². The first-order valence-corrected chi connectivity index (χ1v) is 3.95. The molecular weight excluding hydrogens is 226 g/mol. The molecule has 0 unspecified atom stereocenters. The molecular formula is C6H8BrN3O2. The molecule has 0 radical (unpaired) electrons. The van der Waals surface area contributed by atoms with Crippen LogP contribution >= 0.6 is 15.9 Å². The van der Waals surface area contributed by atoms with Crippen molar-refractivity contribution in [1.29, 1.82) is 0 Å². The van der Waals surface area contributed by atoms with Gasteiger partial charge in [-0.25, -0.2) is 14.5 Å². The number of nitrogen functional groups attached to an aromatic ring is 1. The lowest BCUT2D eigenvalue weighted by molar-refractivity contribution is 0.0589. The number of aryl methyl sites for hydroxylation is 1. The van der Waals surface area contributed by atoms with Crippen molar-refractivity contribution in [3.05, 3.63) is 16.1 Å². The molecule has 1 heterocycles. The fourth-order valence-corrected chi connectivity index (χ4v) is 1.40. The van der Waals surface area contributed by atoms with Gasteiger partial charge in [0.1, 0.15) is 10.4 Å². The van der Waals surface area contributed by atoms with Crippen LogP contribution in [0.1, 0.15) is 16.3 Å². The quantitative estimate of drug-likeness (QED) is 0.565. The Morgan fingerprint density at radius 2 is 2.33 bits per heavy atom. The number of ether oxygens (including phenoxy) is 1. The number of esters is 1. The maximum atomic E-state index is 11.1. The number of halogens is 1. The third-order valence-electron chi connectivity index (χ3n) is 1.42. The van der Waals surface area contributed by atoms with Crippen LogP contribution < -0.4 is 5.84 Å². The zero-order valence-electron chi connectivity index (χ0n) is 6.67. The monoisotopic (exact) mass is 233 g/mol. The lowest BCUT2D eigenvalue weighted by Crippen LogP contribution is -2.18. The number of nitrogens with zero attached hydrogens (tertiary/aromatic N) is 2. The summed E-state index contributed by atoms with van der Waals surface area (Å²) in [5.74, 6) is 5.54. The molecule has 66 valence electrons. The molecule has 5 nitrogen and oxygen atoms in total. The number of carbonyl (C=O) groups excluding carboxylic acids is 1. The molecule has 1 aromatic heterocycles. The Hall–Kier alpha value is -1.04. The first kappa shape index (κ1) is 9.05. The fraction of sp³-hybridized carbons (Fsp3) is 0.333. The van der Waals surface area contributed by atoms with Crippen LogP contribution in [0, 0.1) is 6.92 Å². The second kappa shape index (κ2) is 3.14. The number of rotatable bonds is 1. The smallest absolute Gasteiger partial charge is 0.359 e. The highest BCUT2D eigenvalue weighted by Crippen LogP contribution is 2.15. The molecule has 0 amide bonds. The highest BCUT2D eigenvalue weighted by Gasteiger charge is 2.18. The van der Waals surface area contributed by atoms with Gasteiger partial charge in [0, 0.05) is 0 Å². The molecule has 0 aliphatic heterocycles. The van der Waals surface area contributed by atoms with Crippen LogP contribution in [0.15, 0.2) is 4.60 Å². The molecule has 0 fully saturated rings. The molecule has 1 aromatic rings. The van der Waals surface area contributed by atoms with Crippen molar-refractivity contribution in [1.82, 2.24) is 9.66 Å². The zero-order chi connectivity index (χ0) is 9.30. The molecule has 0 aliphatic rings. The van der Waals surface area contributed by atoms with Gasteiger partial charge < -0.3 is 10.6 Å². The molecule has 0 spiro atoms. The summed E-state index contributed by atoms with van der Waals surface area (Å²) < 4.78 is 6.08. The van der Waals surface area contributed by atoms with E-state index in [9.17, 15) is 4.79 Å². The van der Waals surface area contributed by atoms with E-state index < -0.39 is 5.97 Å². The highest BCUT2D eigenvalue weighted by atomic mass is 79.9. The van der Waals surface area contributed by atoms with Gasteiger partial charge in [-0.1, -0.05) is 0 Å². The van der Waals surface area contributed by atoms with Crippen LogP contribution in [0.4, 0.5) is 0 Å². The SMILES string of the molecule is COC(=O)c1c(Br)nc(C)n1N. The highest BCUT2D eigenvalue weighted by molar-refractivity contribution is 9.10. The molecule has 0 aliphatic carbocycles. The summed E-state index contributed by atoms with van der Waals surface area (Å²) in [6.07, 6.45) is 0. The van der Waals surface area contributed by atoms with E-state index in [2.05, 4.69) is 25.7 Å². The Kier molecular flexibility index (Phi) is 2.37. The van der Waals surface area contributed by atoms with E-state index in [1.807, 2.05) is 0 Å². The molecule has 6 heteroatoms. The number of hydrogen-bond donors (Lipinski definition) is 1. The van der Waals surface area contributed by atoms with Crippen molar-refractivity contribution in [2.24, 2.45) is 0 Å². The zero-order valence-corrected chi connectivity index (χ0v) is 8.25. The van der Waals surface area contributed by atoms with Crippen molar-refractivity contribution >= 4 is 21.9 Å². The van der Waals surface area contributed by atoms with E-state index in [0.29, 0.717) is 10.4 Å². The number of methoxy groups -OCH3 is 1. The second-order valence-electron chi connectivity index (χ2n) is 2.16. The summed E-state index contributed by atoms with van der Waals surface area (Å²) in [5.41, 5.74) is 0.218.